The molecule has 2 aliphatic rings. The molecule has 3 rings (SSSR count). The zero-order valence-corrected chi connectivity index (χ0v) is 17.9. The summed E-state index contributed by atoms with van der Waals surface area (Å²) in [4.78, 5) is 23.8. The minimum atomic E-state index is -0.758. The minimum absolute atomic E-state index is 0.0223. The molecule has 4 nitrogen and oxygen atoms in total. The number of benzene rings is 1. The number of aliphatic carboxylic acids is 1. The van der Waals surface area contributed by atoms with Crippen LogP contribution in [0, 0.1) is 28.5 Å². The topological polar surface area (TPSA) is 63.6 Å². The second-order valence-corrected chi connectivity index (χ2v) is 9.36. The molecule has 2 fully saturated rings. The number of hydrogen-bond acceptors (Lipinski definition) is 3. The molecule has 0 spiro atoms. The Labute approximate surface area is 169 Å². The van der Waals surface area contributed by atoms with E-state index in [1.165, 1.54) is 0 Å². The first kappa shape index (κ1) is 17.2. The van der Waals surface area contributed by atoms with Crippen molar-refractivity contribution in [2.45, 2.75) is 25.4 Å². The van der Waals surface area contributed by atoms with Gasteiger partial charge in [0.1, 0.15) is 6.10 Å². The Bertz CT molecular complexity index is 646. The van der Waals surface area contributed by atoms with Crippen molar-refractivity contribution in [3.63, 3.8) is 0 Å². The number of halogens is 3. The van der Waals surface area contributed by atoms with Gasteiger partial charge in [0.05, 0.1) is 11.5 Å². The Kier molecular flexibility index (Phi) is 5.23. The maximum absolute atomic E-state index is 12.5. The average molecular weight is 638 g/mol. The summed E-state index contributed by atoms with van der Waals surface area (Å²) in [6.45, 7) is 0. The molecule has 0 aliphatic heterocycles. The van der Waals surface area contributed by atoms with E-state index in [1.54, 1.807) is 0 Å². The molecule has 4 unspecified atom stereocenters. The SMILES string of the molecule is O=C(OC1CC2CC(C(=O)O)C1C2)c1cc(I)cc(I)c1I. The van der Waals surface area contributed by atoms with Crippen molar-refractivity contribution >= 4 is 79.7 Å². The highest BCUT2D eigenvalue weighted by atomic mass is 127. The summed E-state index contributed by atoms with van der Waals surface area (Å²) in [5.74, 6) is -1.08. The summed E-state index contributed by atoms with van der Waals surface area (Å²) in [6, 6.07) is 3.84. The summed E-state index contributed by atoms with van der Waals surface area (Å²) >= 11 is 6.54. The molecule has 1 aromatic carbocycles. The second-order valence-electron chi connectivity index (χ2n) is 5.87. The van der Waals surface area contributed by atoms with Gasteiger partial charge in [0, 0.05) is 16.6 Å². The lowest BCUT2D eigenvalue weighted by Gasteiger charge is -2.26. The predicted octanol–water partition coefficient (Wildman–Crippen LogP) is 4.16. The van der Waals surface area contributed by atoms with Crippen molar-refractivity contribution in [2.24, 2.45) is 17.8 Å². The van der Waals surface area contributed by atoms with Gasteiger partial charge in [-0.3, -0.25) is 4.79 Å². The number of carbonyl (C=O) groups excluding carboxylic acids is 1. The lowest BCUT2D eigenvalue weighted by atomic mass is 9.86. The van der Waals surface area contributed by atoms with Crippen molar-refractivity contribution in [1.29, 1.82) is 0 Å². The largest absolute Gasteiger partial charge is 0.481 e. The summed E-state index contributed by atoms with van der Waals surface area (Å²) in [5, 5.41) is 9.28. The van der Waals surface area contributed by atoms with Gasteiger partial charge in [0.25, 0.3) is 0 Å². The number of carbonyl (C=O) groups is 2. The second kappa shape index (κ2) is 6.69. The molecule has 22 heavy (non-hydrogen) atoms. The Hall–Kier alpha value is 0.350. The molecule has 0 heterocycles. The average Bonchev–Trinajstić information content (AvgIpc) is 3.02. The fourth-order valence-electron chi connectivity index (χ4n) is 3.61. The normalized spacial score (nSPS) is 29.6. The van der Waals surface area contributed by atoms with Crippen LogP contribution >= 0.6 is 67.8 Å². The number of hydrogen-bond donors (Lipinski definition) is 1. The first-order chi connectivity index (χ1) is 10.4. The summed E-state index contributed by atoms with van der Waals surface area (Å²) in [5.41, 5.74) is 0.576. The van der Waals surface area contributed by atoms with Gasteiger partial charge in [0.15, 0.2) is 0 Å². The molecule has 118 valence electrons. The molecule has 2 bridgehead atoms. The fourth-order valence-corrected chi connectivity index (χ4v) is 5.99. The number of carboxylic acid groups (broad SMARTS) is 1. The van der Waals surface area contributed by atoms with E-state index < -0.39 is 5.97 Å². The fraction of sp³-hybridized carbons (Fsp3) is 0.467. The van der Waals surface area contributed by atoms with Gasteiger partial charge < -0.3 is 9.84 Å². The lowest BCUT2D eigenvalue weighted by molar-refractivity contribution is -0.145. The summed E-state index contributed by atoms with van der Waals surface area (Å²) in [6.07, 6.45) is 2.15. The number of rotatable bonds is 3. The van der Waals surface area contributed by atoms with Gasteiger partial charge in [-0.05, 0) is 105 Å². The van der Waals surface area contributed by atoms with Gasteiger partial charge in [-0.15, -0.1) is 0 Å². The van der Waals surface area contributed by atoms with E-state index in [9.17, 15) is 14.7 Å². The summed E-state index contributed by atoms with van der Waals surface area (Å²) in [7, 11) is 0. The van der Waals surface area contributed by atoms with E-state index in [4.69, 9.17) is 4.74 Å². The van der Waals surface area contributed by atoms with Crippen LogP contribution in [-0.2, 0) is 9.53 Å². The maximum Gasteiger partial charge on any atom is 0.339 e. The molecular weight excluding hydrogens is 625 g/mol. The highest BCUT2D eigenvalue weighted by Gasteiger charge is 2.51. The molecular formula is C15H13I3O4. The molecule has 2 aliphatic carbocycles. The van der Waals surface area contributed by atoms with Gasteiger partial charge in [-0.25, -0.2) is 4.79 Å². The van der Waals surface area contributed by atoms with E-state index in [-0.39, 0.29) is 23.9 Å². The van der Waals surface area contributed by atoms with Crippen molar-refractivity contribution < 1.29 is 19.4 Å². The van der Waals surface area contributed by atoms with Gasteiger partial charge in [0.2, 0.25) is 0 Å². The zero-order chi connectivity index (χ0) is 16.0. The van der Waals surface area contributed by atoms with Crippen molar-refractivity contribution in [1.82, 2.24) is 0 Å². The third kappa shape index (κ3) is 3.26. The third-order valence-corrected chi connectivity index (χ3v) is 8.21. The Morgan fingerprint density at radius 3 is 2.50 bits per heavy atom. The minimum Gasteiger partial charge on any atom is -0.481 e. The van der Waals surface area contributed by atoms with Crippen LogP contribution < -0.4 is 0 Å². The molecule has 2 saturated carbocycles. The zero-order valence-electron chi connectivity index (χ0n) is 11.4. The Morgan fingerprint density at radius 1 is 1.14 bits per heavy atom. The van der Waals surface area contributed by atoms with Crippen LogP contribution in [0.2, 0.25) is 0 Å². The van der Waals surface area contributed by atoms with E-state index in [2.05, 4.69) is 67.8 Å². The molecule has 1 aromatic rings. The highest BCUT2D eigenvalue weighted by Crippen LogP contribution is 2.50. The quantitative estimate of drug-likeness (QED) is 0.307. The van der Waals surface area contributed by atoms with E-state index in [0.29, 0.717) is 11.5 Å². The van der Waals surface area contributed by atoms with Gasteiger partial charge in [-0.2, -0.15) is 0 Å². The monoisotopic (exact) mass is 638 g/mol. The first-order valence-corrected chi connectivity index (χ1v) is 10.2. The van der Waals surface area contributed by atoms with Crippen molar-refractivity contribution in [3.05, 3.63) is 28.4 Å². The number of carboxylic acids is 1. The van der Waals surface area contributed by atoms with Crippen molar-refractivity contribution in [3.8, 4) is 0 Å². The molecule has 1 N–H and O–H groups in total. The van der Waals surface area contributed by atoms with Gasteiger partial charge >= 0.3 is 11.9 Å². The third-order valence-electron chi connectivity index (χ3n) is 4.54. The summed E-state index contributed by atoms with van der Waals surface area (Å²) < 4.78 is 8.59. The Morgan fingerprint density at radius 2 is 1.86 bits per heavy atom. The van der Waals surface area contributed by atoms with Crippen LogP contribution in [0.25, 0.3) is 0 Å². The van der Waals surface area contributed by atoms with E-state index >= 15 is 0 Å². The van der Waals surface area contributed by atoms with E-state index in [0.717, 1.165) is 30.0 Å². The number of ether oxygens (including phenoxy) is 1. The lowest BCUT2D eigenvalue weighted by Crippen LogP contribution is -2.33. The smallest absolute Gasteiger partial charge is 0.339 e. The highest BCUT2D eigenvalue weighted by molar-refractivity contribution is 14.1. The predicted molar refractivity (Wildman–Crippen MR) is 106 cm³/mol. The molecule has 0 aromatic heterocycles. The van der Waals surface area contributed by atoms with Crippen LogP contribution in [0.1, 0.15) is 29.6 Å². The first-order valence-electron chi connectivity index (χ1n) is 6.95. The maximum atomic E-state index is 12.5. The van der Waals surface area contributed by atoms with Crippen LogP contribution in [0.5, 0.6) is 0 Å². The Balaban J connectivity index is 1.77. The van der Waals surface area contributed by atoms with Crippen molar-refractivity contribution in [2.75, 3.05) is 0 Å². The molecule has 0 amide bonds. The number of esters is 1. The molecule has 0 radical (unpaired) electrons. The van der Waals surface area contributed by atoms with Crippen LogP contribution in [0.3, 0.4) is 0 Å². The molecule has 0 saturated heterocycles. The molecule has 4 atom stereocenters. The molecule has 7 heteroatoms. The van der Waals surface area contributed by atoms with Gasteiger partial charge in [-0.1, -0.05) is 0 Å². The van der Waals surface area contributed by atoms with Crippen LogP contribution in [-0.4, -0.2) is 23.1 Å². The van der Waals surface area contributed by atoms with Crippen LogP contribution in [0.15, 0.2) is 12.1 Å². The van der Waals surface area contributed by atoms with E-state index in [1.807, 2.05) is 12.1 Å². The number of fused-ring (bicyclic) bond motifs is 2. The van der Waals surface area contributed by atoms with Crippen LogP contribution in [0.4, 0.5) is 0 Å². The standard InChI is InChI=1S/C15H13I3O4/c16-7-4-10(13(18)11(17)5-7)15(21)22-12-3-6-1-8(12)9(2-6)14(19)20/h4-6,8-9,12H,1-3H2,(H,19,20).